The maximum absolute atomic E-state index is 6.20. The van der Waals surface area contributed by atoms with Crippen LogP contribution in [0.25, 0.3) is 0 Å². The van der Waals surface area contributed by atoms with Crippen molar-refractivity contribution in [1.29, 1.82) is 0 Å². The lowest BCUT2D eigenvalue weighted by Crippen LogP contribution is -2.20. The molecule has 0 aromatic heterocycles. The molecule has 0 aliphatic heterocycles. The van der Waals surface area contributed by atoms with Gasteiger partial charge in [0.15, 0.2) is 0 Å². The van der Waals surface area contributed by atoms with E-state index in [-0.39, 0.29) is 0 Å². The van der Waals surface area contributed by atoms with E-state index in [0.717, 1.165) is 11.3 Å². The van der Waals surface area contributed by atoms with Crippen molar-refractivity contribution in [3.63, 3.8) is 0 Å². The second-order valence-corrected chi connectivity index (χ2v) is 4.16. The van der Waals surface area contributed by atoms with Gasteiger partial charge in [-0.3, -0.25) is 0 Å². The lowest BCUT2D eigenvalue weighted by molar-refractivity contribution is 0.414. The Labute approximate surface area is 112 Å². The molecule has 2 N–H and O–H groups in total. The second kappa shape index (κ2) is 6.28. The number of nitrogens with one attached hydrogen (secondary N) is 2. The van der Waals surface area contributed by atoms with Gasteiger partial charge in [-0.25, -0.2) is 5.43 Å². The van der Waals surface area contributed by atoms with Crippen LogP contribution in [0.1, 0.15) is 5.56 Å². The molecule has 0 aliphatic rings. The minimum Gasteiger partial charge on any atom is -0.495 e. The minimum absolute atomic E-state index is 0.616. The van der Waals surface area contributed by atoms with Gasteiger partial charge in [0, 0.05) is 12.2 Å². The Morgan fingerprint density at radius 1 is 1.06 bits per heavy atom. The van der Waals surface area contributed by atoms with Crippen LogP contribution in [0.5, 0.6) is 5.75 Å². The molecule has 0 aliphatic carbocycles. The fourth-order valence-corrected chi connectivity index (χ4v) is 1.88. The number of hydrogen-bond donors (Lipinski definition) is 2. The topological polar surface area (TPSA) is 33.3 Å². The van der Waals surface area contributed by atoms with Crippen LogP contribution in [0.2, 0.25) is 5.02 Å². The summed E-state index contributed by atoms with van der Waals surface area (Å²) < 4.78 is 5.17. The minimum atomic E-state index is 0.616. The van der Waals surface area contributed by atoms with Crippen LogP contribution in [0.3, 0.4) is 0 Å². The lowest BCUT2D eigenvalue weighted by atomic mass is 10.2. The van der Waals surface area contributed by atoms with Gasteiger partial charge in [0.05, 0.1) is 12.1 Å². The quantitative estimate of drug-likeness (QED) is 0.810. The van der Waals surface area contributed by atoms with Crippen molar-refractivity contribution in [2.75, 3.05) is 12.5 Å². The molecule has 2 aromatic rings. The molecule has 0 spiro atoms. The fourth-order valence-electron chi connectivity index (χ4n) is 1.61. The molecule has 4 heteroatoms. The molecule has 0 heterocycles. The van der Waals surface area contributed by atoms with Crippen LogP contribution in [0, 0.1) is 0 Å². The molecule has 0 saturated heterocycles. The molecule has 0 saturated carbocycles. The molecule has 0 fully saturated rings. The Bertz CT molecular complexity index is 502. The van der Waals surface area contributed by atoms with Crippen molar-refractivity contribution in [2.45, 2.75) is 6.54 Å². The average molecular weight is 263 g/mol. The van der Waals surface area contributed by atoms with E-state index in [0.29, 0.717) is 17.3 Å². The first-order valence-electron chi connectivity index (χ1n) is 5.66. The normalized spacial score (nSPS) is 10.1. The van der Waals surface area contributed by atoms with Gasteiger partial charge >= 0.3 is 0 Å². The molecule has 0 radical (unpaired) electrons. The number of benzene rings is 2. The third-order valence-corrected chi connectivity index (χ3v) is 2.98. The molecule has 18 heavy (non-hydrogen) atoms. The molecule has 3 nitrogen and oxygen atoms in total. The highest BCUT2D eigenvalue weighted by Gasteiger charge is 2.05. The van der Waals surface area contributed by atoms with E-state index in [4.69, 9.17) is 16.3 Å². The smallest absolute Gasteiger partial charge is 0.137 e. The molecule has 0 atom stereocenters. The summed E-state index contributed by atoms with van der Waals surface area (Å²) >= 11 is 6.20. The molecule has 0 bridgehead atoms. The summed E-state index contributed by atoms with van der Waals surface area (Å²) in [6, 6.07) is 15.6. The Balaban J connectivity index is 1.95. The highest BCUT2D eigenvalue weighted by atomic mass is 35.5. The predicted octanol–water partition coefficient (Wildman–Crippen LogP) is 3.47. The maximum Gasteiger partial charge on any atom is 0.137 e. The van der Waals surface area contributed by atoms with Crippen molar-refractivity contribution in [3.8, 4) is 5.75 Å². The van der Waals surface area contributed by atoms with E-state index in [1.807, 2.05) is 48.5 Å². The predicted molar refractivity (Wildman–Crippen MR) is 74.9 cm³/mol. The Morgan fingerprint density at radius 3 is 2.56 bits per heavy atom. The molecule has 0 amide bonds. The summed E-state index contributed by atoms with van der Waals surface area (Å²) in [4.78, 5) is 0. The largest absolute Gasteiger partial charge is 0.495 e. The van der Waals surface area contributed by atoms with Gasteiger partial charge in [0.2, 0.25) is 0 Å². The molecular formula is C14H15ClN2O. The summed E-state index contributed by atoms with van der Waals surface area (Å²) in [6.45, 7) is 0.616. The zero-order chi connectivity index (χ0) is 12.8. The zero-order valence-electron chi connectivity index (χ0n) is 10.1. The van der Waals surface area contributed by atoms with E-state index in [1.165, 1.54) is 0 Å². The van der Waals surface area contributed by atoms with Gasteiger partial charge < -0.3 is 10.2 Å². The monoisotopic (exact) mass is 262 g/mol. The van der Waals surface area contributed by atoms with Gasteiger partial charge in [0.1, 0.15) is 5.75 Å². The number of hydrogen-bond acceptors (Lipinski definition) is 3. The maximum atomic E-state index is 6.20. The van der Waals surface area contributed by atoms with Crippen molar-refractivity contribution in [3.05, 3.63) is 59.1 Å². The summed E-state index contributed by atoms with van der Waals surface area (Å²) in [7, 11) is 1.61. The number of ether oxygens (including phenoxy) is 1. The van der Waals surface area contributed by atoms with Crippen LogP contribution < -0.4 is 15.6 Å². The van der Waals surface area contributed by atoms with Gasteiger partial charge in [-0.2, -0.15) is 0 Å². The standard InChI is InChI=1S/C14H15ClN2O/c1-18-13-9-5-6-11(14(13)15)10-16-17-12-7-3-2-4-8-12/h2-9,16-17H,10H2,1H3. The van der Waals surface area contributed by atoms with Gasteiger partial charge in [-0.15, -0.1) is 0 Å². The number of anilines is 1. The second-order valence-electron chi connectivity index (χ2n) is 3.78. The van der Waals surface area contributed by atoms with Crippen LogP contribution in [-0.4, -0.2) is 7.11 Å². The molecule has 2 rings (SSSR count). The van der Waals surface area contributed by atoms with E-state index in [1.54, 1.807) is 7.11 Å². The summed E-state index contributed by atoms with van der Waals surface area (Å²) in [6.07, 6.45) is 0. The Morgan fingerprint density at radius 2 is 1.83 bits per heavy atom. The first-order valence-corrected chi connectivity index (χ1v) is 6.04. The van der Waals surface area contributed by atoms with Crippen LogP contribution in [0.4, 0.5) is 5.69 Å². The number of halogens is 1. The van der Waals surface area contributed by atoms with Crippen LogP contribution >= 0.6 is 11.6 Å². The van der Waals surface area contributed by atoms with Gasteiger partial charge in [-0.05, 0) is 23.8 Å². The fraction of sp³-hybridized carbons (Fsp3) is 0.143. The highest BCUT2D eigenvalue weighted by Crippen LogP contribution is 2.27. The van der Waals surface area contributed by atoms with E-state index >= 15 is 0 Å². The van der Waals surface area contributed by atoms with Crippen LogP contribution in [0.15, 0.2) is 48.5 Å². The van der Waals surface area contributed by atoms with Gasteiger partial charge in [0.25, 0.3) is 0 Å². The van der Waals surface area contributed by atoms with E-state index in [9.17, 15) is 0 Å². The number of methoxy groups -OCH3 is 1. The Kier molecular flexibility index (Phi) is 4.45. The van der Waals surface area contributed by atoms with Crippen molar-refractivity contribution >= 4 is 17.3 Å². The zero-order valence-corrected chi connectivity index (χ0v) is 10.9. The molecule has 0 unspecified atom stereocenters. The van der Waals surface area contributed by atoms with Crippen molar-refractivity contribution in [1.82, 2.24) is 5.43 Å². The summed E-state index contributed by atoms with van der Waals surface area (Å²) in [5, 5.41) is 0.641. The number of hydrazine groups is 1. The molecular weight excluding hydrogens is 248 g/mol. The molecule has 94 valence electrons. The summed E-state index contributed by atoms with van der Waals surface area (Å²) in [5.74, 6) is 0.690. The third-order valence-electron chi connectivity index (χ3n) is 2.55. The SMILES string of the molecule is COc1cccc(CNNc2ccccc2)c1Cl. The van der Waals surface area contributed by atoms with Gasteiger partial charge in [-0.1, -0.05) is 41.9 Å². The van der Waals surface area contributed by atoms with Crippen molar-refractivity contribution in [2.24, 2.45) is 0 Å². The number of para-hydroxylation sites is 1. The lowest BCUT2D eigenvalue weighted by Gasteiger charge is -2.11. The third kappa shape index (κ3) is 3.15. The van der Waals surface area contributed by atoms with Crippen molar-refractivity contribution < 1.29 is 4.74 Å². The first-order chi connectivity index (χ1) is 8.81. The van der Waals surface area contributed by atoms with Crippen LogP contribution in [-0.2, 0) is 6.54 Å². The Hall–Kier alpha value is -1.71. The summed E-state index contributed by atoms with van der Waals surface area (Å²) in [5.41, 5.74) is 8.22. The highest BCUT2D eigenvalue weighted by molar-refractivity contribution is 6.32. The number of rotatable bonds is 5. The van der Waals surface area contributed by atoms with E-state index < -0.39 is 0 Å². The first kappa shape index (κ1) is 12.7. The van der Waals surface area contributed by atoms with E-state index in [2.05, 4.69) is 10.9 Å². The molecule has 2 aromatic carbocycles. The average Bonchev–Trinajstić information content (AvgIpc) is 2.42.